The minimum absolute atomic E-state index is 0.0319. The Morgan fingerprint density at radius 3 is 2.79 bits per heavy atom. The molecule has 0 bridgehead atoms. The number of allylic oxidation sites excluding steroid dienone is 2. The maximum atomic E-state index is 11.8. The van der Waals surface area contributed by atoms with Crippen LogP contribution in [0.2, 0.25) is 0 Å². The number of rotatable bonds is 3. The van der Waals surface area contributed by atoms with Crippen molar-refractivity contribution in [2.75, 3.05) is 6.61 Å². The van der Waals surface area contributed by atoms with E-state index in [2.05, 4.69) is 12.1 Å². The lowest BCUT2D eigenvalue weighted by Gasteiger charge is -2.21. The minimum atomic E-state index is -0.0956. The number of nitriles is 1. The van der Waals surface area contributed by atoms with E-state index in [9.17, 15) is 4.79 Å². The maximum absolute atomic E-state index is 11.8. The van der Waals surface area contributed by atoms with E-state index in [1.807, 2.05) is 31.2 Å². The third-order valence-corrected chi connectivity index (χ3v) is 3.38. The second-order valence-corrected chi connectivity index (χ2v) is 4.65. The molecule has 1 aromatic carbocycles. The van der Waals surface area contributed by atoms with Crippen LogP contribution in [0.5, 0.6) is 0 Å². The van der Waals surface area contributed by atoms with Crippen molar-refractivity contribution in [2.24, 2.45) is 5.92 Å². The molecule has 1 aliphatic carbocycles. The van der Waals surface area contributed by atoms with Crippen molar-refractivity contribution >= 4 is 11.5 Å². The molecule has 0 N–H and O–H groups in total. The lowest BCUT2D eigenvalue weighted by atomic mass is 9.85. The molecule has 3 nitrogen and oxygen atoms in total. The molecule has 1 unspecified atom stereocenters. The normalized spacial score (nSPS) is 18.3. The number of hydrogen-bond donors (Lipinski definition) is 0. The Labute approximate surface area is 113 Å². The summed E-state index contributed by atoms with van der Waals surface area (Å²) in [6, 6.07) is 9.61. The zero-order valence-electron chi connectivity index (χ0n) is 11.1. The number of nitrogens with zero attached hydrogens (tertiary/aromatic N) is 1. The Morgan fingerprint density at radius 2 is 2.16 bits per heavy atom. The van der Waals surface area contributed by atoms with Gasteiger partial charge in [0.15, 0.2) is 0 Å². The fourth-order valence-corrected chi connectivity index (χ4v) is 2.37. The van der Waals surface area contributed by atoms with Crippen LogP contribution in [0.25, 0.3) is 5.57 Å². The molecule has 1 atom stereocenters. The molecule has 0 heterocycles. The quantitative estimate of drug-likeness (QED) is 0.778. The highest BCUT2D eigenvalue weighted by Crippen LogP contribution is 2.31. The first kappa shape index (κ1) is 13.4. The van der Waals surface area contributed by atoms with Crippen LogP contribution in [-0.4, -0.2) is 12.6 Å². The third-order valence-electron chi connectivity index (χ3n) is 3.38. The highest BCUT2D eigenvalue weighted by atomic mass is 16.5. The first-order chi connectivity index (χ1) is 9.24. The number of carbonyl (C=O) groups is 1. The van der Waals surface area contributed by atoms with Crippen LogP contribution in [0.1, 0.15) is 37.3 Å². The summed E-state index contributed by atoms with van der Waals surface area (Å²) in [5, 5.41) is 8.79. The molecule has 0 fully saturated rings. The van der Waals surface area contributed by atoms with Gasteiger partial charge in [0, 0.05) is 0 Å². The van der Waals surface area contributed by atoms with Crippen molar-refractivity contribution in [1.29, 1.82) is 5.26 Å². The molecule has 0 saturated heterocycles. The van der Waals surface area contributed by atoms with Crippen molar-refractivity contribution in [3.8, 4) is 6.07 Å². The Kier molecular flexibility index (Phi) is 4.35. The van der Waals surface area contributed by atoms with Gasteiger partial charge in [0.05, 0.1) is 24.2 Å². The fraction of sp³-hybridized carbons (Fsp3) is 0.375. The van der Waals surface area contributed by atoms with E-state index in [1.54, 1.807) is 0 Å². The second kappa shape index (κ2) is 6.19. The average Bonchev–Trinajstić information content (AvgIpc) is 2.48. The van der Waals surface area contributed by atoms with Gasteiger partial charge in [-0.3, -0.25) is 4.79 Å². The first-order valence-electron chi connectivity index (χ1n) is 6.60. The summed E-state index contributed by atoms with van der Waals surface area (Å²) in [4.78, 5) is 11.8. The Hall–Kier alpha value is -2.08. The van der Waals surface area contributed by atoms with E-state index in [4.69, 9.17) is 10.00 Å². The van der Waals surface area contributed by atoms with Gasteiger partial charge in [-0.1, -0.05) is 18.2 Å². The SMILES string of the molecule is CCOC(=O)C1CCC=C(c2ccc(C#N)cc2)C1. The summed E-state index contributed by atoms with van der Waals surface area (Å²) in [5.74, 6) is -0.127. The van der Waals surface area contributed by atoms with E-state index in [-0.39, 0.29) is 11.9 Å². The lowest BCUT2D eigenvalue weighted by Crippen LogP contribution is -2.20. The van der Waals surface area contributed by atoms with Crippen molar-refractivity contribution in [1.82, 2.24) is 0 Å². The largest absolute Gasteiger partial charge is 0.466 e. The molecule has 98 valence electrons. The van der Waals surface area contributed by atoms with Crippen molar-refractivity contribution < 1.29 is 9.53 Å². The van der Waals surface area contributed by atoms with Gasteiger partial charge in [-0.15, -0.1) is 0 Å². The zero-order chi connectivity index (χ0) is 13.7. The summed E-state index contributed by atoms with van der Waals surface area (Å²) in [5.41, 5.74) is 2.92. The standard InChI is InChI=1S/C16H17NO2/c1-2-19-16(18)15-5-3-4-14(10-15)13-8-6-12(11-17)7-9-13/h4,6-9,15H,2-3,5,10H2,1H3. The van der Waals surface area contributed by atoms with Crippen molar-refractivity contribution in [3.05, 3.63) is 41.5 Å². The Morgan fingerprint density at radius 1 is 1.42 bits per heavy atom. The molecule has 0 saturated carbocycles. The third kappa shape index (κ3) is 3.23. The number of carbonyl (C=O) groups excluding carboxylic acids is 1. The second-order valence-electron chi connectivity index (χ2n) is 4.65. The average molecular weight is 255 g/mol. The minimum Gasteiger partial charge on any atom is -0.466 e. The van der Waals surface area contributed by atoms with Crippen LogP contribution in [0.15, 0.2) is 30.3 Å². The van der Waals surface area contributed by atoms with E-state index in [0.29, 0.717) is 12.2 Å². The molecule has 0 radical (unpaired) electrons. The van der Waals surface area contributed by atoms with Gasteiger partial charge in [0.25, 0.3) is 0 Å². The van der Waals surface area contributed by atoms with Gasteiger partial charge in [-0.05, 0) is 49.5 Å². The molecular formula is C16H17NO2. The van der Waals surface area contributed by atoms with Crippen LogP contribution < -0.4 is 0 Å². The number of hydrogen-bond acceptors (Lipinski definition) is 3. The van der Waals surface area contributed by atoms with Gasteiger partial charge in [0.2, 0.25) is 0 Å². The van der Waals surface area contributed by atoms with Gasteiger partial charge >= 0.3 is 5.97 Å². The molecule has 1 aliphatic rings. The Balaban J connectivity index is 2.10. The summed E-state index contributed by atoms with van der Waals surface area (Å²) in [6.07, 6.45) is 4.67. The molecule has 3 heteroatoms. The van der Waals surface area contributed by atoms with E-state index < -0.39 is 0 Å². The van der Waals surface area contributed by atoms with Crippen LogP contribution in [-0.2, 0) is 9.53 Å². The predicted octanol–water partition coefficient (Wildman–Crippen LogP) is 3.30. The van der Waals surface area contributed by atoms with Gasteiger partial charge in [-0.2, -0.15) is 5.26 Å². The zero-order valence-corrected chi connectivity index (χ0v) is 11.1. The topological polar surface area (TPSA) is 50.1 Å². The Bertz CT molecular complexity index is 523. The molecule has 1 aromatic rings. The highest BCUT2D eigenvalue weighted by Gasteiger charge is 2.24. The van der Waals surface area contributed by atoms with E-state index >= 15 is 0 Å². The summed E-state index contributed by atoms with van der Waals surface area (Å²) in [7, 11) is 0. The molecule has 2 rings (SSSR count). The lowest BCUT2D eigenvalue weighted by molar-refractivity contribution is -0.148. The molecule has 0 amide bonds. The van der Waals surface area contributed by atoms with Crippen LogP contribution in [0, 0.1) is 17.2 Å². The summed E-state index contributed by atoms with van der Waals surface area (Å²) < 4.78 is 5.09. The summed E-state index contributed by atoms with van der Waals surface area (Å²) in [6.45, 7) is 2.27. The molecule has 0 aliphatic heterocycles. The highest BCUT2D eigenvalue weighted by molar-refractivity contribution is 5.78. The molecule has 0 spiro atoms. The predicted molar refractivity (Wildman–Crippen MR) is 73.1 cm³/mol. The number of esters is 1. The molecule has 19 heavy (non-hydrogen) atoms. The maximum Gasteiger partial charge on any atom is 0.309 e. The van der Waals surface area contributed by atoms with E-state index in [1.165, 1.54) is 5.57 Å². The first-order valence-corrected chi connectivity index (χ1v) is 6.60. The van der Waals surface area contributed by atoms with Gasteiger partial charge < -0.3 is 4.74 Å². The monoisotopic (exact) mass is 255 g/mol. The van der Waals surface area contributed by atoms with Crippen molar-refractivity contribution in [3.63, 3.8) is 0 Å². The van der Waals surface area contributed by atoms with Crippen LogP contribution in [0.4, 0.5) is 0 Å². The van der Waals surface area contributed by atoms with E-state index in [0.717, 1.165) is 24.8 Å². The number of benzene rings is 1. The number of ether oxygens (including phenoxy) is 1. The molecular weight excluding hydrogens is 238 g/mol. The van der Waals surface area contributed by atoms with Crippen molar-refractivity contribution in [2.45, 2.75) is 26.2 Å². The fourth-order valence-electron chi connectivity index (χ4n) is 2.37. The van der Waals surface area contributed by atoms with Crippen LogP contribution >= 0.6 is 0 Å². The van der Waals surface area contributed by atoms with Gasteiger partial charge in [0.1, 0.15) is 0 Å². The summed E-state index contributed by atoms with van der Waals surface area (Å²) >= 11 is 0. The van der Waals surface area contributed by atoms with Gasteiger partial charge in [-0.25, -0.2) is 0 Å². The molecule has 0 aromatic heterocycles. The van der Waals surface area contributed by atoms with Crippen LogP contribution in [0.3, 0.4) is 0 Å². The smallest absolute Gasteiger partial charge is 0.309 e.